The van der Waals surface area contributed by atoms with E-state index in [1.54, 1.807) is 13.0 Å². The zero-order valence-corrected chi connectivity index (χ0v) is 9.05. The molecular weight excluding hydrogens is 202 g/mol. The SMILES string of the molecule is CC(=CCN1CCS(=O)CC1)C(=O)O. The molecule has 0 bridgehead atoms. The predicted molar refractivity (Wildman–Crippen MR) is 55.7 cm³/mol. The highest BCUT2D eigenvalue weighted by Crippen LogP contribution is 2.01. The van der Waals surface area contributed by atoms with Crippen LogP contribution in [0.25, 0.3) is 0 Å². The molecule has 4 nitrogen and oxygen atoms in total. The first-order valence-corrected chi connectivity index (χ1v) is 6.06. The normalized spacial score (nSPS) is 21.1. The molecule has 1 saturated heterocycles. The fraction of sp³-hybridized carbons (Fsp3) is 0.667. The van der Waals surface area contributed by atoms with Gasteiger partial charge >= 0.3 is 5.97 Å². The Bertz CT molecular complexity index is 265. The Balaban J connectivity index is 2.35. The Morgan fingerprint density at radius 3 is 2.57 bits per heavy atom. The van der Waals surface area contributed by atoms with Crippen molar-refractivity contribution in [3.8, 4) is 0 Å². The molecule has 0 saturated carbocycles. The topological polar surface area (TPSA) is 57.6 Å². The van der Waals surface area contributed by atoms with Gasteiger partial charge in [0.05, 0.1) is 0 Å². The van der Waals surface area contributed by atoms with Crippen LogP contribution < -0.4 is 0 Å². The summed E-state index contributed by atoms with van der Waals surface area (Å²) in [7, 11) is -0.663. The van der Waals surface area contributed by atoms with Crippen molar-refractivity contribution in [3.05, 3.63) is 11.6 Å². The van der Waals surface area contributed by atoms with Crippen LogP contribution in [0.4, 0.5) is 0 Å². The van der Waals surface area contributed by atoms with Crippen molar-refractivity contribution in [1.29, 1.82) is 0 Å². The van der Waals surface area contributed by atoms with E-state index in [0.717, 1.165) is 13.1 Å². The van der Waals surface area contributed by atoms with Crippen LogP contribution in [0.2, 0.25) is 0 Å². The number of carboxylic acids is 1. The maximum Gasteiger partial charge on any atom is 0.330 e. The molecule has 5 heteroatoms. The molecule has 0 aliphatic carbocycles. The molecule has 1 heterocycles. The van der Waals surface area contributed by atoms with Gasteiger partial charge in [-0.1, -0.05) is 6.08 Å². The molecule has 0 unspecified atom stereocenters. The van der Waals surface area contributed by atoms with Crippen LogP contribution in [-0.4, -0.2) is 51.3 Å². The van der Waals surface area contributed by atoms with E-state index in [4.69, 9.17) is 5.11 Å². The van der Waals surface area contributed by atoms with Gasteiger partial charge in [0.25, 0.3) is 0 Å². The van der Waals surface area contributed by atoms with Gasteiger partial charge in [0, 0.05) is 47.5 Å². The molecule has 0 aromatic carbocycles. The monoisotopic (exact) mass is 217 g/mol. The maximum atomic E-state index is 11.0. The molecule has 1 N–H and O–H groups in total. The molecule has 1 aliphatic heterocycles. The summed E-state index contributed by atoms with van der Waals surface area (Å²) in [5.41, 5.74) is 0.372. The van der Waals surface area contributed by atoms with Crippen LogP contribution in [-0.2, 0) is 15.6 Å². The van der Waals surface area contributed by atoms with Crippen molar-refractivity contribution in [2.24, 2.45) is 0 Å². The van der Waals surface area contributed by atoms with E-state index in [2.05, 4.69) is 4.90 Å². The average Bonchev–Trinajstić information content (AvgIpc) is 2.16. The first-order valence-electron chi connectivity index (χ1n) is 4.57. The summed E-state index contributed by atoms with van der Waals surface area (Å²) in [5.74, 6) is 0.547. The van der Waals surface area contributed by atoms with Gasteiger partial charge in [0.2, 0.25) is 0 Å². The molecular formula is C9H15NO3S. The van der Waals surface area contributed by atoms with Crippen molar-refractivity contribution in [2.45, 2.75) is 6.92 Å². The highest BCUT2D eigenvalue weighted by Gasteiger charge is 2.13. The minimum atomic E-state index is -0.870. The standard InChI is InChI=1S/C9H15NO3S/c1-8(9(11)12)2-3-10-4-6-14(13)7-5-10/h2H,3-7H2,1H3,(H,11,12). The fourth-order valence-corrected chi connectivity index (χ4v) is 2.34. The Hall–Kier alpha value is -0.680. The molecule has 0 aromatic rings. The van der Waals surface area contributed by atoms with Gasteiger partial charge in [-0.15, -0.1) is 0 Å². The minimum absolute atomic E-state index is 0.372. The number of carboxylic acid groups (broad SMARTS) is 1. The van der Waals surface area contributed by atoms with Crippen LogP contribution in [0.5, 0.6) is 0 Å². The molecule has 0 spiro atoms. The summed E-state index contributed by atoms with van der Waals surface area (Å²) >= 11 is 0. The van der Waals surface area contributed by atoms with Crippen molar-refractivity contribution in [3.63, 3.8) is 0 Å². The van der Waals surface area contributed by atoms with Gasteiger partial charge in [-0.2, -0.15) is 0 Å². The molecule has 0 radical (unpaired) electrons. The fourth-order valence-electron chi connectivity index (χ4n) is 1.21. The molecule has 0 aromatic heterocycles. The lowest BCUT2D eigenvalue weighted by Crippen LogP contribution is -2.37. The number of aliphatic carboxylic acids is 1. The van der Waals surface area contributed by atoms with Crippen molar-refractivity contribution < 1.29 is 14.1 Å². The first-order chi connectivity index (χ1) is 6.59. The van der Waals surface area contributed by atoms with Crippen molar-refractivity contribution in [2.75, 3.05) is 31.1 Å². The van der Waals surface area contributed by atoms with Gasteiger partial charge < -0.3 is 5.11 Å². The van der Waals surface area contributed by atoms with E-state index in [9.17, 15) is 9.00 Å². The van der Waals surface area contributed by atoms with Crippen LogP contribution in [0, 0.1) is 0 Å². The Kier molecular flexibility index (Phi) is 4.28. The van der Waals surface area contributed by atoms with E-state index in [1.807, 2.05) is 0 Å². The van der Waals surface area contributed by atoms with Gasteiger partial charge in [-0.3, -0.25) is 9.11 Å². The Morgan fingerprint density at radius 1 is 1.50 bits per heavy atom. The average molecular weight is 217 g/mol. The smallest absolute Gasteiger partial charge is 0.330 e. The van der Waals surface area contributed by atoms with Crippen LogP contribution in [0.1, 0.15) is 6.92 Å². The third-order valence-electron chi connectivity index (χ3n) is 2.26. The van der Waals surface area contributed by atoms with E-state index in [0.29, 0.717) is 23.6 Å². The molecule has 1 rings (SSSR count). The zero-order chi connectivity index (χ0) is 10.6. The summed E-state index contributed by atoms with van der Waals surface area (Å²) < 4.78 is 11.0. The van der Waals surface area contributed by atoms with Crippen LogP contribution >= 0.6 is 0 Å². The van der Waals surface area contributed by atoms with Crippen LogP contribution in [0.15, 0.2) is 11.6 Å². The number of rotatable bonds is 3. The van der Waals surface area contributed by atoms with Gasteiger partial charge in [-0.25, -0.2) is 4.79 Å². The van der Waals surface area contributed by atoms with E-state index in [1.165, 1.54) is 0 Å². The molecule has 80 valence electrons. The first kappa shape index (κ1) is 11.4. The lowest BCUT2D eigenvalue weighted by molar-refractivity contribution is -0.132. The van der Waals surface area contributed by atoms with Gasteiger partial charge in [0.1, 0.15) is 0 Å². The van der Waals surface area contributed by atoms with E-state index in [-0.39, 0.29) is 0 Å². The lowest BCUT2D eigenvalue weighted by Gasteiger charge is -2.24. The van der Waals surface area contributed by atoms with Gasteiger partial charge in [0.15, 0.2) is 0 Å². The largest absolute Gasteiger partial charge is 0.478 e. The molecule has 0 amide bonds. The zero-order valence-electron chi connectivity index (χ0n) is 8.23. The molecule has 1 aliphatic rings. The molecule has 14 heavy (non-hydrogen) atoms. The summed E-state index contributed by atoms with van der Waals surface area (Å²) in [5, 5.41) is 8.62. The second kappa shape index (κ2) is 5.26. The quantitative estimate of drug-likeness (QED) is 0.680. The predicted octanol–water partition coefficient (Wildman–Crippen LogP) is 0.0816. The lowest BCUT2D eigenvalue weighted by atomic mass is 10.3. The Labute approximate surface area is 86.1 Å². The second-order valence-electron chi connectivity index (χ2n) is 3.34. The van der Waals surface area contributed by atoms with Crippen molar-refractivity contribution in [1.82, 2.24) is 4.90 Å². The number of nitrogens with zero attached hydrogens (tertiary/aromatic N) is 1. The summed E-state index contributed by atoms with van der Waals surface area (Å²) in [6.45, 7) is 3.84. The van der Waals surface area contributed by atoms with E-state index >= 15 is 0 Å². The highest BCUT2D eigenvalue weighted by molar-refractivity contribution is 7.85. The van der Waals surface area contributed by atoms with Crippen molar-refractivity contribution >= 4 is 16.8 Å². The summed E-state index contributed by atoms with van der Waals surface area (Å²) in [4.78, 5) is 12.6. The maximum absolute atomic E-state index is 11.0. The van der Waals surface area contributed by atoms with E-state index < -0.39 is 16.8 Å². The minimum Gasteiger partial charge on any atom is -0.478 e. The Morgan fingerprint density at radius 2 is 2.07 bits per heavy atom. The molecule has 0 atom stereocenters. The number of carbonyl (C=O) groups is 1. The number of hydrogen-bond donors (Lipinski definition) is 1. The number of hydrogen-bond acceptors (Lipinski definition) is 3. The highest BCUT2D eigenvalue weighted by atomic mass is 32.2. The summed E-state index contributed by atoms with van der Waals surface area (Å²) in [6.07, 6.45) is 1.70. The third-order valence-corrected chi connectivity index (χ3v) is 3.54. The van der Waals surface area contributed by atoms with Crippen LogP contribution in [0.3, 0.4) is 0 Å². The summed E-state index contributed by atoms with van der Waals surface area (Å²) in [6, 6.07) is 0. The third kappa shape index (κ3) is 3.59. The molecule has 1 fully saturated rings. The van der Waals surface area contributed by atoms with Gasteiger partial charge in [-0.05, 0) is 6.92 Å². The second-order valence-corrected chi connectivity index (χ2v) is 5.04.